The number of anilines is 1. The maximum Gasteiger partial charge on any atom is 0.406 e. The van der Waals surface area contributed by atoms with Crippen molar-refractivity contribution in [1.82, 2.24) is 14.5 Å². The minimum absolute atomic E-state index is 0.0621. The van der Waals surface area contributed by atoms with E-state index >= 15 is 0 Å². The quantitative estimate of drug-likeness (QED) is 0.924. The summed E-state index contributed by atoms with van der Waals surface area (Å²) in [6.45, 7) is 2.03. The van der Waals surface area contributed by atoms with Gasteiger partial charge in [0.2, 0.25) is 5.95 Å². The fraction of sp³-hybridized carbons (Fsp3) is 0.667. The first-order chi connectivity index (χ1) is 9.40. The highest BCUT2D eigenvalue weighted by Gasteiger charge is 2.34. The zero-order valence-electron chi connectivity index (χ0n) is 11.2. The zero-order chi connectivity index (χ0) is 14.8. The minimum Gasteiger partial charge on any atom is -0.356 e. The lowest BCUT2D eigenvalue weighted by atomic mass is 10.3. The third-order valence-corrected chi connectivity index (χ3v) is 3.01. The molecule has 0 saturated carbocycles. The molecule has 8 heteroatoms. The monoisotopic (exact) mass is 290 g/mol. The zero-order valence-corrected chi connectivity index (χ0v) is 11.2. The van der Waals surface area contributed by atoms with E-state index in [1.165, 1.54) is 6.20 Å². The van der Waals surface area contributed by atoms with Crippen molar-refractivity contribution in [2.24, 2.45) is 0 Å². The van der Waals surface area contributed by atoms with E-state index in [0.29, 0.717) is 12.4 Å². The van der Waals surface area contributed by atoms with Crippen LogP contribution in [-0.2, 0) is 6.54 Å². The molecule has 0 aromatic carbocycles. The fourth-order valence-corrected chi connectivity index (χ4v) is 2.18. The Labute approximate surface area is 114 Å². The van der Waals surface area contributed by atoms with E-state index in [9.17, 15) is 18.0 Å². The topological polar surface area (TPSA) is 50.2 Å². The normalized spacial score (nSPS) is 14.6. The van der Waals surface area contributed by atoms with Gasteiger partial charge in [-0.3, -0.25) is 4.79 Å². The number of imidazole rings is 1. The number of hydrogen-bond donors (Lipinski definition) is 1. The molecule has 112 valence electrons. The fourth-order valence-electron chi connectivity index (χ4n) is 2.18. The average Bonchev–Trinajstić information content (AvgIpc) is 2.79. The first-order valence-corrected chi connectivity index (χ1v) is 6.58. The van der Waals surface area contributed by atoms with Gasteiger partial charge in [0, 0.05) is 25.8 Å². The van der Waals surface area contributed by atoms with Crippen molar-refractivity contribution in [2.75, 3.05) is 25.0 Å². The highest BCUT2D eigenvalue weighted by atomic mass is 19.4. The Balaban J connectivity index is 2.16. The average molecular weight is 290 g/mol. The van der Waals surface area contributed by atoms with Crippen molar-refractivity contribution in [3.05, 3.63) is 11.9 Å². The van der Waals surface area contributed by atoms with Crippen LogP contribution in [0, 0.1) is 0 Å². The number of rotatable bonds is 4. The van der Waals surface area contributed by atoms with Gasteiger partial charge >= 0.3 is 6.18 Å². The molecule has 1 amide bonds. The van der Waals surface area contributed by atoms with Crippen molar-refractivity contribution in [3.63, 3.8) is 0 Å². The van der Waals surface area contributed by atoms with Crippen molar-refractivity contribution in [3.8, 4) is 0 Å². The standard InChI is InChI=1S/C12H17F3N4O/c1-2-5-19(8-12(13,14)15)10(20)9-7-18-6-3-4-16-11(18)17-9/h7H,2-6,8H2,1H3,(H,16,17). The van der Waals surface area contributed by atoms with Crippen LogP contribution in [0.15, 0.2) is 6.20 Å². The summed E-state index contributed by atoms with van der Waals surface area (Å²) in [4.78, 5) is 17.0. The molecule has 0 unspecified atom stereocenters. The van der Waals surface area contributed by atoms with Crippen LogP contribution in [0.2, 0.25) is 0 Å². The summed E-state index contributed by atoms with van der Waals surface area (Å²) in [6, 6.07) is 0. The molecule has 1 aliphatic rings. The Morgan fingerprint density at radius 3 is 2.90 bits per heavy atom. The van der Waals surface area contributed by atoms with Crippen LogP contribution in [-0.4, -0.2) is 46.2 Å². The first-order valence-electron chi connectivity index (χ1n) is 6.58. The molecule has 2 heterocycles. The molecule has 5 nitrogen and oxygen atoms in total. The van der Waals surface area contributed by atoms with E-state index in [1.807, 2.05) is 0 Å². The number of hydrogen-bond acceptors (Lipinski definition) is 3. The molecule has 1 aromatic rings. The molecule has 0 fully saturated rings. The smallest absolute Gasteiger partial charge is 0.356 e. The van der Waals surface area contributed by atoms with Gasteiger partial charge in [-0.1, -0.05) is 6.92 Å². The van der Waals surface area contributed by atoms with Gasteiger partial charge in [-0.05, 0) is 12.8 Å². The highest BCUT2D eigenvalue weighted by molar-refractivity contribution is 5.92. The molecule has 1 aliphatic heterocycles. The molecule has 1 aromatic heterocycles. The molecule has 0 bridgehead atoms. The van der Waals surface area contributed by atoms with Gasteiger partial charge in [0.25, 0.3) is 5.91 Å². The minimum atomic E-state index is -4.40. The van der Waals surface area contributed by atoms with E-state index in [1.54, 1.807) is 11.5 Å². The van der Waals surface area contributed by atoms with Crippen LogP contribution >= 0.6 is 0 Å². The van der Waals surface area contributed by atoms with Gasteiger partial charge < -0.3 is 14.8 Å². The second-order valence-corrected chi connectivity index (χ2v) is 4.77. The summed E-state index contributed by atoms with van der Waals surface area (Å²) in [5.74, 6) is -0.129. The van der Waals surface area contributed by atoms with E-state index in [2.05, 4.69) is 10.3 Å². The summed E-state index contributed by atoms with van der Waals surface area (Å²) in [5, 5.41) is 3.02. The summed E-state index contributed by atoms with van der Waals surface area (Å²) in [7, 11) is 0. The van der Waals surface area contributed by atoms with Crippen LogP contribution in [0.3, 0.4) is 0 Å². The van der Waals surface area contributed by atoms with Gasteiger partial charge in [-0.25, -0.2) is 4.98 Å². The largest absolute Gasteiger partial charge is 0.406 e. The number of aryl methyl sites for hydroxylation is 1. The molecule has 0 atom stereocenters. The predicted molar refractivity (Wildman–Crippen MR) is 67.6 cm³/mol. The second-order valence-electron chi connectivity index (χ2n) is 4.77. The third-order valence-electron chi connectivity index (χ3n) is 3.01. The predicted octanol–water partition coefficient (Wildman–Crippen LogP) is 2.11. The third kappa shape index (κ3) is 3.43. The molecule has 20 heavy (non-hydrogen) atoms. The van der Waals surface area contributed by atoms with Gasteiger partial charge in [-0.15, -0.1) is 0 Å². The van der Waals surface area contributed by atoms with Crippen molar-refractivity contribution < 1.29 is 18.0 Å². The number of fused-ring (bicyclic) bond motifs is 1. The van der Waals surface area contributed by atoms with E-state index in [4.69, 9.17) is 0 Å². The number of aromatic nitrogens is 2. The van der Waals surface area contributed by atoms with Crippen molar-refractivity contribution in [1.29, 1.82) is 0 Å². The van der Waals surface area contributed by atoms with Gasteiger partial charge in [0.05, 0.1) is 0 Å². The van der Waals surface area contributed by atoms with Crippen LogP contribution in [0.25, 0.3) is 0 Å². The van der Waals surface area contributed by atoms with Crippen LogP contribution in [0.1, 0.15) is 30.3 Å². The van der Waals surface area contributed by atoms with E-state index in [-0.39, 0.29) is 12.2 Å². The number of nitrogens with zero attached hydrogens (tertiary/aromatic N) is 3. The van der Waals surface area contributed by atoms with Gasteiger partial charge in [0.15, 0.2) is 0 Å². The lowest BCUT2D eigenvalue weighted by molar-refractivity contribution is -0.140. The molecule has 0 radical (unpaired) electrons. The van der Waals surface area contributed by atoms with E-state index < -0.39 is 18.6 Å². The summed E-state index contributed by atoms with van der Waals surface area (Å²) in [6.07, 6.45) is -1.52. The maximum absolute atomic E-state index is 12.5. The molecule has 0 aliphatic carbocycles. The van der Waals surface area contributed by atoms with Crippen molar-refractivity contribution >= 4 is 11.9 Å². The summed E-state index contributed by atoms with van der Waals surface area (Å²) in [5.41, 5.74) is 0.0621. The highest BCUT2D eigenvalue weighted by Crippen LogP contribution is 2.20. The van der Waals surface area contributed by atoms with Gasteiger partial charge in [-0.2, -0.15) is 13.2 Å². The van der Waals surface area contributed by atoms with Crippen LogP contribution in [0.5, 0.6) is 0 Å². The van der Waals surface area contributed by atoms with Gasteiger partial charge in [0.1, 0.15) is 12.2 Å². The Hall–Kier alpha value is -1.73. The summed E-state index contributed by atoms with van der Waals surface area (Å²) >= 11 is 0. The molecule has 2 rings (SSSR count). The number of carbonyl (C=O) groups excluding carboxylic acids is 1. The SMILES string of the molecule is CCCN(CC(F)(F)F)C(=O)c1cn2c(n1)NCCC2. The molecule has 1 N–H and O–H groups in total. The Bertz CT molecular complexity index is 460. The molecule has 0 saturated heterocycles. The molecular weight excluding hydrogens is 273 g/mol. The maximum atomic E-state index is 12.5. The Kier molecular flexibility index (Phi) is 4.20. The van der Waals surface area contributed by atoms with E-state index in [0.717, 1.165) is 24.4 Å². The molecule has 0 spiro atoms. The number of halogens is 3. The summed E-state index contributed by atoms with van der Waals surface area (Å²) < 4.78 is 39.3. The lowest BCUT2D eigenvalue weighted by Crippen LogP contribution is -2.39. The van der Waals surface area contributed by atoms with Crippen molar-refractivity contribution in [2.45, 2.75) is 32.5 Å². The molecular formula is C12H17F3N4O. The van der Waals surface area contributed by atoms with Crippen LogP contribution in [0.4, 0.5) is 19.1 Å². The number of nitrogens with one attached hydrogen (secondary N) is 1. The first kappa shape index (κ1) is 14.7. The number of alkyl halides is 3. The number of amides is 1. The lowest BCUT2D eigenvalue weighted by Gasteiger charge is -2.22. The Morgan fingerprint density at radius 2 is 2.30 bits per heavy atom. The van der Waals surface area contributed by atoms with Crippen LogP contribution < -0.4 is 5.32 Å². The Morgan fingerprint density at radius 1 is 1.55 bits per heavy atom. The second kappa shape index (κ2) is 5.72. The number of carbonyl (C=O) groups is 1.